The lowest BCUT2D eigenvalue weighted by atomic mass is 10.1. The van der Waals surface area contributed by atoms with Crippen LogP contribution in [0.3, 0.4) is 0 Å². The summed E-state index contributed by atoms with van der Waals surface area (Å²) >= 11 is 0. The summed E-state index contributed by atoms with van der Waals surface area (Å²) in [4.78, 5) is 11.9. The van der Waals surface area contributed by atoms with E-state index in [0.717, 1.165) is 18.4 Å². The molecule has 0 bridgehead atoms. The standard InChI is InChI=1S/C14H17N5O2/c1-2-3-12(14-16-18-19-17-14)15-13(21)9-6-10-4-7-11(20)8-5-10/h4-9,12,20H,2-3H2,1H3,(H,15,21)(H,16,17,18,19)/b9-6+. The lowest BCUT2D eigenvalue weighted by Crippen LogP contribution is -2.27. The largest absolute Gasteiger partial charge is 0.508 e. The Morgan fingerprint density at radius 3 is 2.81 bits per heavy atom. The van der Waals surface area contributed by atoms with E-state index in [-0.39, 0.29) is 17.7 Å². The summed E-state index contributed by atoms with van der Waals surface area (Å²) in [7, 11) is 0. The number of nitrogens with one attached hydrogen (secondary N) is 2. The molecule has 1 aromatic heterocycles. The predicted octanol–water partition coefficient (Wildman–Crippen LogP) is 1.58. The Morgan fingerprint density at radius 2 is 2.19 bits per heavy atom. The fourth-order valence-corrected chi connectivity index (χ4v) is 1.85. The molecule has 1 atom stereocenters. The minimum atomic E-state index is -0.259. The molecule has 21 heavy (non-hydrogen) atoms. The van der Waals surface area contributed by atoms with Crippen LogP contribution < -0.4 is 5.32 Å². The van der Waals surface area contributed by atoms with E-state index in [2.05, 4.69) is 25.9 Å². The number of hydrogen-bond acceptors (Lipinski definition) is 5. The van der Waals surface area contributed by atoms with E-state index in [1.165, 1.54) is 6.08 Å². The van der Waals surface area contributed by atoms with Crippen molar-refractivity contribution in [2.45, 2.75) is 25.8 Å². The number of nitrogens with zero attached hydrogens (tertiary/aromatic N) is 3. The third-order valence-corrected chi connectivity index (χ3v) is 2.89. The molecule has 0 fully saturated rings. The molecule has 0 aliphatic carbocycles. The van der Waals surface area contributed by atoms with Crippen molar-refractivity contribution >= 4 is 12.0 Å². The lowest BCUT2D eigenvalue weighted by molar-refractivity contribution is -0.117. The molecular formula is C14H17N5O2. The summed E-state index contributed by atoms with van der Waals surface area (Å²) in [5.74, 6) is 0.436. The van der Waals surface area contributed by atoms with E-state index in [1.807, 2.05) is 6.92 Å². The zero-order valence-electron chi connectivity index (χ0n) is 11.7. The zero-order chi connectivity index (χ0) is 15.1. The Kier molecular flexibility index (Phi) is 5.03. The van der Waals surface area contributed by atoms with E-state index in [9.17, 15) is 9.90 Å². The van der Waals surface area contributed by atoms with Gasteiger partial charge < -0.3 is 10.4 Å². The summed E-state index contributed by atoms with van der Waals surface area (Å²) in [6, 6.07) is 6.32. The number of phenols is 1. The van der Waals surface area contributed by atoms with E-state index in [1.54, 1.807) is 30.3 Å². The Balaban J connectivity index is 1.97. The molecule has 0 saturated heterocycles. The molecule has 0 saturated carbocycles. The molecule has 2 rings (SSSR count). The molecular weight excluding hydrogens is 270 g/mol. The van der Waals surface area contributed by atoms with Gasteiger partial charge in [0.05, 0.1) is 6.04 Å². The molecule has 7 nitrogen and oxygen atoms in total. The van der Waals surface area contributed by atoms with Crippen molar-refractivity contribution in [2.75, 3.05) is 0 Å². The summed E-state index contributed by atoms with van der Waals surface area (Å²) in [6.07, 6.45) is 4.74. The van der Waals surface area contributed by atoms with Gasteiger partial charge in [0.1, 0.15) is 5.75 Å². The first kappa shape index (κ1) is 14.7. The van der Waals surface area contributed by atoms with Gasteiger partial charge in [-0.05, 0) is 30.2 Å². The first-order chi connectivity index (χ1) is 10.2. The monoisotopic (exact) mass is 287 g/mol. The molecule has 0 aliphatic rings. The molecule has 0 radical (unpaired) electrons. The lowest BCUT2D eigenvalue weighted by Gasteiger charge is -2.12. The number of carbonyl (C=O) groups excluding carboxylic acids is 1. The number of carbonyl (C=O) groups is 1. The number of rotatable bonds is 6. The second kappa shape index (κ2) is 7.18. The maximum absolute atomic E-state index is 11.9. The van der Waals surface area contributed by atoms with E-state index in [4.69, 9.17) is 0 Å². The van der Waals surface area contributed by atoms with Crippen LogP contribution in [0.15, 0.2) is 30.3 Å². The van der Waals surface area contributed by atoms with Crippen LogP contribution in [0, 0.1) is 0 Å². The first-order valence-electron chi connectivity index (χ1n) is 6.70. The predicted molar refractivity (Wildman–Crippen MR) is 77.1 cm³/mol. The number of tetrazole rings is 1. The van der Waals surface area contributed by atoms with Crippen molar-refractivity contribution in [1.82, 2.24) is 25.9 Å². The van der Waals surface area contributed by atoms with Crippen LogP contribution in [0.1, 0.15) is 37.2 Å². The third kappa shape index (κ3) is 4.41. The van der Waals surface area contributed by atoms with Crippen LogP contribution in [0.4, 0.5) is 0 Å². The van der Waals surface area contributed by atoms with Gasteiger partial charge in [-0.15, -0.1) is 10.2 Å². The highest BCUT2D eigenvalue weighted by Gasteiger charge is 2.16. The Labute approximate surface area is 122 Å². The highest BCUT2D eigenvalue weighted by Crippen LogP contribution is 2.13. The smallest absolute Gasteiger partial charge is 0.244 e. The van der Waals surface area contributed by atoms with Gasteiger partial charge in [0.15, 0.2) is 5.82 Å². The maximum Gasteiger partial charge on any atom is 0.244 e. The summed E-state index contributed by atoms with van der Waals surface area (Å²) in [6.45, 7) is 2.02. The van der Waals surface area contributed by atoms with Crippen molar-refractivity contribution in [3.05, 3.63) is 41.7 Å². The zero-order valence-corrected chi connectivity index (χ0v) is 11.7. The van der Waals surface area contributed by atoms with Gasteiger partial charge >= 0.3 is 0 Å². The van der Waals surface area contributed by atoms with Crippen LogP contribution in [0.25, 0.3) is 6.08 Å². The second-order valence-electron chi connectivity index (χ2n) is 4.54. The molecule has 2 aromatic rings. The molecule has 1 amide bonds. The molecule has 1 aromatic carbocycles. The van der Waals surface area contributed by atoms with Crippen molar-refractivity contribution < 1.29 is 9.90 Å². The molecule has 0 aliphatic heterocycles. The van der Waals surface area contributed by atoms with Crippen LogP contribution in [0.5, 0.6) is 5.75 Å². The highest BCUT2D eigenvalue weighted by atomic mass is 16.3. The molecule has 3 N–H and O–H groups in total. The van der Waals surface area contributed by atoms with Gasteiger partial charge in [0, 0.05) is 6.08 Å². The SMILES string of the molecule is CCCC(NC(=O)/C=C/c1ccc(O)cc1)c1nn[nH]n1. The number of aromatic amines is 1. The van der Waals surface area contributed by atoms with E-state index in [0.29, 0.717) is 5.82 Å². The molecule has 1 heterocycles. The number of benzene rings is 1. The normalized spacial score (nSPS) is 12.4. The van der Waals surface area contributed by atoms with Crippen LogP contribution in [0.2, 0.25) is 0 Å². The van der Waals surface area contributed by atoms with E-state index >= 15 is 0 Å². The highest BCUT2D eigenvalue weighted by molar-refractivity contribution is 5.91. The Morgan fingerprint density at radius 1 is 1.43 bits per heavy atom. The molecule has 7 heteroatoms. The molecule has 1 unspecified atom stereocenters. The van der Waals surface area contributed by atoms with Crippen LogP contribution in [-0.4, -0.2) is 31.6 Å². The molecule has 110 valence electrons. The quantitative estimate of drug-likeness (QED) is 0.700. The number of H-pyrrole nitrogens is 1. The minimum Gasteiger partial charge on any atom is -0.508 e. The number of hydrogen-bond donors (Lipinski definition) is 3. The first-order valence-corrected chi connectivity index (χ1v) is 6.70. The fraction of sp³-hybridized carbons (Fsp3) is 0.286. The number of amides is 1. The van der Waals surface area contributed by atoms with Crippen molar-refractivity contribution in [2.24, 2.45) is 0 Å². The van der Waals surface area contributed by atoms with Gasteiger partial charge in [0.2, 0.25) is 5.91 Å². The average Bonchev–Trinajstić information content (AvgIpc) is 3.00. The number of aromatic hydroxyl groups is 1. The maximum atomic E-state index is 11.9. The van der Waals surface area contributed by atoms with E-state index < -0.39 is 0 Å². The van der Waals surface area contributed by atoms with Gasteiger partial charge in [-0.25, -0.2) is 0 Å². The van der Waals surface area contributed by atoms with Crippen LogP contribution >= 0.6 is 0 Å². The average molecular weight is 287 g/mol. The second-order valence-corrected chi connectivity index (χ2v) is 4.54. The summed E-state index contributed by atoms with van der Waals surface area (Å²) in [5, 5.41) is 25.7. The number of phenolic OH excluding ortho intramolecular Hbond substituents is 1. The molecule has 0 spiro atoms. The van der Waals surface area contributed by atoms with Crippen molar-refractivity contribution in [3.8, 4) is 5.75 Å². The third-order valence-electron chi connectivity index (χ3n) is 2.89. The van der Waals surface area contributed by atoms with Gasteiger partial charge in [-0.3, -0.25) is 4.79 Å². The van der Waals surface area contributed by atoms with Gasteiger partial charge in [0.25, 0.3) is 0 Å². The summed E-state index contributed by atoms with van der Waals surface area (Å²) in [5.41, 5.74) is 0.828. The van der Waals surface area contributed by atoms with Crippen molar-refractivity contribution in [3.63, 3.8) is 0 Å². The van der Waals surface area contributed by atoms with Gasteiger partial charge in [-0.1, -0.05) is 30.7 Å². The topological polar surface area (TPSA) is 104 Å². The van der Waals surface area contributed by atoms with Crippen molar-refractivity contribution in [1.29, 1.82) is 0 Å². The van der Waals surface area contributed by atoms with Gasteiger partial charge in [-0.2, -0.15) is 5.21 Å². The fourth-order valence-electron chi connectivity index (χ4n) is 1.85. The minimum absolute atomic E-state index is 0.191. The summed E-state index contributed by atoms with van der Waals surface area (Å²) < 4.78 is 0. The van der Waals surface area contributed by atoms with Crippen LogP contribution in [-0.2, 0) is 4.79 Å². The number of aromatic nitrogens is 4. The Bertz CT molecular complexity index is 592. The Hall–Kier alpha value is -2.70.